The van der Waals surface area contributed by atoms with E-state index in [2.05, 4.69) is 4.72 Å². The van der Waals surface area contributed by atoms with Crippen LogP contribution in [0.5, 0.6) is 0 Å². The number of benzene rings is 1. The highest BCUT2D eigenvalue weighted by Gasteiger charge is 2.26. The summed E-state index contributed by atoms with van der Waals surface area (Å²) >= 11 is 0. The largest absolute Gasteiger partial charge is 0.396 e. The third-order valence-electron chi connectivity index (χ3n) is 4.11. The quantitative estimate of drug-likeness (QED) is 0.865. The van der Waals surface area contributed by atoms with E-state index in [-0.39, 0.29) is 23.3 Å². The standard InChI is InChI=1S/C15H20N2O3S/c16-9-12-4-3-7-15(8-12)21(19,20)17-10-13-5-1-2-6-14(13)11-18/h3-4,7-8,13-14,17-18H,1-2,5-6,10-11H2. The zero-order chi connectivity index (χ0) is 15.3. The predicted molar refractivity (Wildman–Crippen MR) is 78.9 cm³/mol. The van der Waals surface area contributed by atoms with Crippen molar-refractivity contribution in [1.29, 1.82) is 5.26 Å². The Morgan fingerprint density at radius 2 is 2.00 bits per heavy atom. The van der Waals surface area contributed by atoms with Gasteiger partial charge in [0.15, 0.2) is 0 Å². The van der Waals surface area contributed by atoms with Gasteiger partial charge in [0.1, 0.15) is 0 Å². The number of hydrogen-bond donors (Lipinski definition) is 2. The molecule has 0 radical (unpaired) electrons. The number of aliphatic hydroxyl groups is 1. The topological polar surface area (TPSA) is 90.2 Å². The molecular weight excluding hydrogens is 288 g/mol. The molecule has 1 aliphatic rings. The predicted octanol–water partition coefficient (Wildman–Crippen LogP) is 1.64. The lowest BCUT2D eigenvalue weighted by molar-refractivity contribution is 0.136. The lowest BCUT2D eigenvalue weighted by Crippen LogP contribution is -2.35. The van der Waals surface area contributed by atoms with Gasteiger partial charge in [0.05, 0.1) is 16.5 Å². The van der Waals surface area contributed by atoms with E-state index >= 15 is 0 Å². The highest BCUT2D eigenvalue weighted by molar-refractivity contribution is 7.89. The summed E-state index contributed by atoms with van der Waals surface area (Å²) in [5.74, 6) is 0.351. The lowest BCUT2D eigenvalue weighted by atomic mass is 9.80. The van der Waals surface area contributed by atoms with Crippen molar-refractivity contribution in [3.8, 4) is 6.07 Å². The summed E-state index contributed by atoms with van der Waals surface area (Å²) in [5, 5.41) is 18.2. The van der Waals surface area contributed by atoms with Gasteiger partial charge in [-0.3, -0.25) is 0 Å². The number of sulfonamides is 1. The van der Waals surface area contributed by atoms with Crippen LogP contribution in [0.2, 0.25) is 0 Å². The number of aliphatic hydroxyl groups excluding tert-OH is 1. The Labute approximate surface area is 125 Å². The Kier molecular flexibility index (Phi) is 5.34. The molecule has 1 aliphatic carbocycles. The minimum atomic E-state index is -3.61. The number of nitriles is 1. The van der Waals surface area contributed by atoms with Crippen LogP contribution in [0.4, 0.5) is 0 Å². The van der Waals surface area contributed by atoms with Crippen LogP contribution in [-0.2, 0) is 10.0 Å². The molecule has 21 heavy (non-hydrogen) atoms. The number of rotatable bonds is 5. The molecule has 0 saturated heterocycles. The minimum absolute atomic E-state index is 0.107. The molecule has 0 aliphatic heterocycles. The molecule has 2 unspecified atom stereocenters. The van der Waals surface area contributed by atoms with E-state index in [1.54, 1.807) is 12.1 Å². The van der Waals surface area contributed by atoms with E-state index in [1.165, 1.54) is 12.1 Å². The van der Waals surface area contributed by atoms with Gasteiger partial charge in [-0.1, -0.05) is 18.9 Å². The van der Waals surface area contributed by atoms with Gasteiger partial charge in [-0.05, 0) is 42.9 Å². The molecule has 1 fully saturated rings. The van der Waals surface area contributed by atoms with Crippen LogP contribution in [0, 0.1) is 23.2 Å². The van der Waals surface area contributed by atoms with Crippen molar-refractivity contribution in [2.75, 3.05) is 13.2 Å². The molecule has 2 rings (SSSR count). The second-order valence-electron chi connectivity index (χ2n) is 5.48. The van der Waals surface area contributed by atoms with Crippen LogP contribution in [0.25, 0.3) is 0 Å². The third kappa shape index (κ3) is 4.03. The third-order valence-corrected chi connectivity index (χ3v) is 5.53. The molecule has 2 atom stereocenters. The number of nitrogens with one attached hydrogen (secondary N) is 1. The van der Waals surface area contributed by atoms with Gasteiger partial charge in [-0.15, -0.1) is 0 Å². The van der Waals surface area contributed by atoms with Gasteiger partial charge >= 0.3 is 0 Å². The molecule has 2 N–H and O–H groups in total. The number of hydrogen-bond acceptors (Lipinski definition) is 4. The lowest BCUT2D eigenvalue weighted by Gasteiger charge is -2.30. The van der Waals surface area contributed by atoms with Crippen LogP contribution < -0.4 is 4.72 Å². The summed E-state index contributed by atoms with van der Waals surface area (Å²) in [6.07, 6.45) is 4.06. The van der Waals surface area contributed by atoms with Gasteiger partial charge < -0.3 is 5.11 Å². The van der Waals surface area contributed by atoms with Gasteiger partial charge in [-0.2, -0.15) is 5.26 Å². The van der Waals surface area contributed by atoms with Crippen molar-refractivity contribution in [2.24, 2.45) is 11.8 Å². The smallest absolute Gasteiger partial charge is 0.240 e. The summed E-state index contributed by atoms with van der Waals surface area (Å²) in [7, 11) is -3.61. The summed E-state index contributed by atoms with van der Waals surface area (Å²) in [6, 6.07) is 7.91. The Morgan fingerprint density at radius 1 is 1.29 bits per heavy atom. The van der Waals surface area contributed by atoms with Gasteiger partial charge in [-0.25, -0.2) is 13.1 Å². The van der Waals surface area contributed by atoms with Gasteiger partial charge in [0.2, 0.25) is 10.0 Å². The molecular formula is C15H20N2O3S. The molecule has 1 aromatic rings. The molecule has 1 aromatic carbocycles. The first-order chi connectivity index (χ1) is 10.1. The number of nitrogens with zero attached hydrogens (tertiary/aromatic N) is 1. The molecule has 1 saturated carbocycles. The fourth-order valence-electron chi connectivity index (χ4n) is 2.83. The average Bonchev–Trinajstić information content (AvgIpc) is 2.53. The van der Waals surface area contributed by atoms with Crippen molar-refractivity contribution < 1.29 is 13.5 Å². The summed E-state index contributed by atoms with van der Waals surface area (Å²) in [5.41, 5.74) is 0.323. The van der Waals surface area contributed by atoms with E-state index in [0.29, 0.717) is 12.1 Å². The Hall–Kier alpha value is -1.42. The molecule has 0 aromatic heterocycles. The average molecular weight is 308 g/mol. The molecule has 0 amide bonds. The summed E-state index contributed by atoms with van der Waals surface area (Å²) < 4.78 is 27.1. The molecule has 5 nitrogen and oxygen atoms in total. The fourth-order valence-corrected chi connectivity index (χ4v) is 3.97. The molecule has 0 heterocycles. The first kappa shape index (κ1) is 16.0. The van der Waals surface area contributed by atoms with E-state index in [9.17, 15) is 13.5 Å². The maximum Gasteiger partial charge on any atom is 0.240 e. The molecule has 6 heteroatoms. The van der Waals surface area contributed by atoms with Crippen LogP contribution >= 0.6 is 0 Å². The minimum Gasteiger partial charge on any atom is -0.396 e. The Bertz CT molecular complexity index is 622. The Balaban J connectivity index is 2.05. The van der Waals surface area contributed by atoms with Crippen molar-refractivity contribution in [3.05, 3.63) is 29.8 Å². The van der Waals surface area contributed by atoms with Gasteiger partial charge in [0.25, 0.3) is 0 Å². The molecule has 0 bridgehead atoms. The van der Waals surface area contributed by atoms with E-state index < -0.39 is 10.0 Å². The second-order valence-corrected chi connectivity index (χ2v) is 7.25. The first-order valence-electron chi connectivity index (χ1n) is 7.17. The van der Waals surface area contributed by atoms with E-state index in [1.807, 2.05) is 6.07 Å². The van der Waals surface area contributed by atoms with Gasteiger partial charge in [0, 0.05) is 13.2 Å². The fraction of sp³-hybridized carbons (Fsp3) is 0.533. The van der Waals surface area contributed by atoms with Crippen LogP contribution in [0.15, 0.2) is 29.2 Å². The zero-order valence-corrected chi connectivity index (χ0v) is 12.6. The highest BCUT2D eigenvalue weighted by Crippen LogP contribution is 2.29. The van der Waals surface area contributed by atoms with E-state index in [4.69, 9.17) is 5.26 Å². The first-order valence-corrected chi connectivity index (χ1v) is 8.66. The maximum atomic E-state index is 12.3. The van der Waals surface area contributed by atoms with E-state index in [0.717, 1.165) is 25.7 Å². The van der Waals surface area contributed by atoms with Crippen LogP contribution in [0.1, 0.15) is 31.2 Å². The SMILES string of the molecule is N#Cc1cccc(S(=O)(=O)NCC2CCCCC2CO)c1. The van der Waals surface area contributed by atoms with Crippen molar-refractivity contribution in [1.82, 2.24) is 4.72 Å². The second kappa shape index (κ2) is 7.03. The summed E-state index contributed by atoms with van der Waals surface area (Å²) in [4.78, 5) is 0.109. The van der Waals surface area contributed by atoms with Crippen molar-refractivity contribution in [3.63, 3.8) is 0 Å². The van der Waals surface area contributed by atoms with Crippen molar-refractivity contribution >= 4 is 10.0 Å². The monoisotopic (exact) mass is 308 g/mol. The summed E-state index contributed by atoms with van der Waals surface area (Å²) in [6.45, 7) is 0.445. The molecule has 114 valence electrons. The maximum absolute atomic E-state index is 12.3. The van der Waals surface area contributed by atoms with Crippen LogP contribution in [-0.4, -0.2) is 26.7 Å². The highest BCUT2D eigenvalue weighted by atomic mass is 32.2. The molecule has 0 spiro atoms. The van der Waals surface area contributed by atoms with Crippen LogP contribution in [0.3, 0.4) is 0 Å². The normalized spacial score (nSPS) is 22.7. The zero-order valence-electron chi connectivity index (χ0n) is 11.8. The Morgan fingerprint density at radius 3 is 2.67 bits per heavy atom. The van der Waals surface area contributed by atoms with Crippen molar-refractivity contribution in [2.45, 2.75) is 30.6 Å².